The van der Waals surface area contributed by atoms with E-state index in [-0.39, 0.29) is 68.4 Å². The molecule has 2 aliphatic heterocycles. The van der Waals surface area contributed by atoms with Crippen LogP contribution in [0.5, 0.6) is 0 Å². The fourth-order valence-electron chi connectivity index (χ4n) is 17.9. The molecule has 0 bridgehead atoms. The maximum atomic E-state index is 13.1. The van der Waals surface area contributed by atoms with Gasteiger partial charge in [0.15, 0.2) is 38.4 Å². The van der Waals surface area contributed by atoms with Crippen molar-refractivity contribution < 1.29 is 73.0 Å². The van der Waals surface area contributed by atoms with Gasteiger partial charge in [-0.15, -0.1) is 0 Å². The molecule has 10 aromatic rings. The van der Waals surface area contributed by atoms with Crippen LogP contribution in [0.2, 0.25) is 0 Å². The van der Waals surface area contributed by atoms with Crippen molar-refractivity contribution >= 4 is 72.5 Å². The SMILES string of the molecule is CCCCC(=O)N1CCC([C@@H](C)CC(=O)c2cc(C3CC3)on2)CC1.CCCCNS(=O)(=O)c1cccc(NC(=O)c2cc(C3CC3)on2)c1.CCCCS(=O)(=O)c1ccc(NC(=O)c2cc(C3CC3)on2)cc1.CCCN(C)Cc1cccc(C(NC(=O)c2cc(C3CC3)on2)C2CCNCC2)c1.Cc1c[nH]c(C(=O)NCc2cccc(C(NC(=O)c3cc(C4CC4)on3)C3CCCCC3)c2)c1. The van der Waals surface area contributed by atoms with Gasteiger partial charge < -0.3 is 69.3 Å². The molecule has 0 radical (unpaired) electrons. The third kappa shape index (κ3) is 30.3. The van der Waals surface area contributed by atoms with Crippen LogP contribution in [-0.2, 0) is 37.7 Å². The first-order valence-electron chi connectivity index (χ1n) is 50.1. The lowest BCUT2D eigenvalue weighted by Crippen LogP contribution is -2.39. The van der Waals surface area contributed by atoms with Crippen LogP contribution in [0.3, 0.4) is 0 Å². The van der Waals surface area contributed by atoms with E-state index in [2.05, 4.69) is 137 Å². The summed E-state index contributed by atoms with van der Waals surface area (Å²) in [6.07, 6.45) is 30.2. The molecule has 3 atom stereocenters. The highest BCUT2D eigenvalue weighted by Crippen LogP contribution is 2.45. The molecule has 8 fully saturated rings. The highest BCUT2D eigenvalue weighted by molar-refractivity contribution is 7.91. The van der Waals surface area contributed by atoms with Gasteiger partial charge in [0.05, 0.1) is 27.6 Å². The number of nitrogens with one attached hydrogen (secondary N) is 8. The lowest BCUT2D eigenvalue weighted by molar-refractivity contribution is -0.133. The summed E-state index contributed by atoms with van der Waals surface area (Å²) in [4.78, 5) is 95.2. The lowest BCUT2D eigenvalue weighted by Gasteiger charge is -2.34. The number of H-pyrrole nitrogens is 1. The molecule has 33 heteroatoms. The number of hydrogen-bond acceptors (Lipinski definition) is 23. The highest BCUT2D eigenvalue weighted by atomic mass is 32.2. The van der Waals surface area contributed by atoms with E-state index in [0.717, 1.165) is 226 Å². The standard InChI is InChI=1S/C27H32N4O3.C24H34N4O2.C20H30N2O3.C17H21N3O4S.C17H20N2O4S/c1-17-12-22(28-15-17)26(32)29-16-18-6-5-9-21(13-18)25(20-7-3-2-4-8-20)30-27(33)23-14-24(34-31-23)19-10-11-19;1-3-13-28(2)16-17-5-4-6-20(14-17)23(19-9-11-25-12-10-19)26-24(29)21-15-22(30-27-21)18-7-8-18;1-3-4-5-20(24)22-10-8-15(9-11-22)14(2)12-18(23)17-13-19(25-21-17)16-6-7-16;1-2-3-9-18-25(22,23)14-6-4-5-13(10-14)19-17(21)15-11-16(24-20-15)12-7-8-12;1-2-3-10-24(21,22)14-8-6-13(7-9-14)18-17(20)15-11-16(23-19-15)12-4-5-12/h5-6,9,12-15,19-20,25,28H,2-4,7-8,10-11,16H2,1H3,(H,29,32)(H,30,33);4-6,14-15,18-19,23,25H,3,7-13,16H2,1-2H3,(H,26,29);13-16H,3-12H2,1-2H3;4-6,10-12,18H,2-3,7-9H2,1H3,(H,19,21);6-9,11-12H,2-5,10H2,1H3,(H,18,20)/t;;14-;;/m..0../s1. The number of sulfonamides is 1. The summed E-state index contributed by atoms with van der Waals surface area (Å²) < 4.78 is 77.7. The van der Waals surface area contributed by atoms with Gasteiger partial charge in [-0.3, -0.25) is 33.6 Å². The van der Waals surface area contributed by atoms with Crippen LogP contribution >= 0.6 is 0 Å². The van der Waals surface area contributed by atoms with Gasteiger partial charge in [-0.1, -0.05) is 154 Å². The number of carbonyl (C=O) groups excluding carboxylic acids is 7. The number of unbranched alkanes of at least 4 members (excludes halogenated alkanes) is 3. The van der Waals surface area contributed by atoms with Crippen LogP contribution in [0.4, 0.5) is 11.4 Å². The number of aromatic amines is 1. The number of benzene rings is 4. The Balaban J connectivity index is 0.000000139. The van der Waals surface area contributed by atoms with Crippen LogP contribution in [0.25, 0.3) is 0 Å². The van der Waals surface area contributed by atoms with Crippen molar-refractivity contribution in [2.24, 2.45) is 23.7 Å². The largest absolute Gasteiger partial charge is 0.360 e. The van der Waals surface area contributed by atoms with E-state index >= 15 is 0 Å². The zero-order chi connectivity index (χ0) is 97.2. The Bertz CT molecular complexity index is 5920. The fraction of sp³-hybridized carbons (Fsp3) is 0.524. The average molecular weight is 1930 g/mol. The molecule has 18 rings (SSSR count). The third-order valence-electron chi connectivity index (χ3n) is 26.9. The summed E-state index contributed by atoms with van der Waals surface area (Å²) in [5.74, 6) is 7.01. The van der Waals surface area contributed by atoms with Gasteiger partial charge in [0.1, 0.15) is 40.2 Å². The van der Waals surface area contributed by atoms with Crippen LogP contribution in [0, 0.1) is 30.6 Å². The Morgan fingerprint density at radius 3 is 1.46 bits per heavy atom. The summed E-state index contributed by atoms with van der Waals surface area (Å²) >= 11 is 0. The normalized spacial score (nSPS) is 17.0. The van der Waals surface area contributed by atoms with Crippen LogP contribution in [-0.4, -0.2) is 151 Å². The molecule has 6 aliphatic carbocycles. The molecule has 2 saturated heterocycles. The Kier molecular flexibility index (Phi) is 36.6. The molecule has 4 aromatic carbocycles. The number of aryl methyl sites for hydroxylation is 1. The number of ketones is 1. The van der Waals surface area contributed by atoms with Gasteiger partial charge in [0, 0.05) is 123 Å². The third-order valence-corrected chi connectivity index (χ3v) is 30.2. The second kappa shape index (κ2) is 49.4. The Labute approximate surface area is 809 Å². The lowest BCUT2D eigenvalue weighted by atomic mass is 9.80. The number of Topliss-reactive ketones (excluding diaryl/α,β-unsaturated/α-hetero) is 1. The molecule has 6 amide bonds. The topological polar surface area (TPSA) is 424 Å². The van der Waals surface area contributed by atoms with Crippen molar-refractivity contribution in [3.05, 3.63) is 230 Å². The van der Waals surface area contributed by atoms with E-state index in [0.29, 0.717) is 126 Å². The number of anilines is 2. The minimum atomic E-state index is -3.59. The number of amides is 6. The molecule has 8 N–H and O–H groups in total. The number of piperidine rings is 2. The van der Waals surface area contributed by atoms with E-state index in [1.807, 2.05) is 62.2 Å². The smallest absolute Gasteiger partial charge is 0.277 e. The van der Waals surface area contributed by atoms with Crippen molar-refractivity contribution in [3.63, 3.8) is 0 Å². The maximum absolute atomic E-state index is 13.1. The molecule has 138 heavy (non-hydrogen) atoms. The Hall–Kier alpha value is -11.5. The van der Waals surface area contributed by atoms with Gasteiger partial charge in [0.2, 0.25) is 15.9 Å². The van der Waals surface area contributed by atoms with Gasteiger partial charge in [0.25, 0.3) is 29.5 Å². The Morgan fingerprint density at radius 2 is 0.957 bits per heavy atom. The second-order valence-electron chi connectivity index (χ2n) is 38.6. The van der Waals surface area contributed by atoms with Crippen LogP contribution < -0.4 is 36.6 Å². The van der Waals surface area contributed by atoms with Gasteiger partial charge in [-0.05, 0) is 262 Å². The molecule has 740 valence electrons. The second-order valence-corrected chi connectivity index (χ2v) is 42.5. The minimum absolute atomic E-state index is 0.0166. The number of aromatic nitrogens is 6. The first kappa shape index (κ1) is 102. The average Bonchev–Trinajstić information content (AvgIpc) is 1.63. The predicted molar refractivity (Wildman–Crippen MR) is 524 cm³/mol. The number of likely N-dealkylation sites (tertiary alicyclic amines) is 1. The first-order chi connectivity index (χ1) is 66.8. The molecule has 6 saturated carbocycles. The van der Waals surface area contributed by atoms with Crippen molar-refractivity contribution in [1.82, 2.24) is 66.6 Å². The molecule has 31 nitrogen and oxygen atoms in total. The summed E-state index contributed by atoms with van der Waals surface area (Å²) in [7, 11) is -4.69. The Morgan fingerprint density at radius 1 is 0.478 bits per heavy atom. The van der Waals surface area contributed by atoms with Crippen LogP contribution in [0.1, 0.15) is 376 Å². The summed E-state index contributed by atoms with van der Waals surface area (Å²) in [6, 6.07) is 39.7. The summed E-state index contributed by atoms with van der Waals surface area (Å²) in [5, 5.41) is 37.9. The number of sulfone groups is 1. The number of hydrogen-bond donors (Lipinski definition) is 8. The van der Waals surface area contributed by atoms with Crippen molar-refractivity contribution in [2.45, 2.75) is 286 Å². The van der Waals surface area contributed by atoms with E-state index < -0.39 is 25.8 Å². The summed E-state index contributed by atoms with van der Waals surface area (Å²) in [6.45, 7) is 18.8. The predicted octanol–water partition coefficient (Wildman–Crippen LogP) is 19.5. The van der Waals surface area contributed by atoms with Crippen molar-refractivity contribution in [2.75, 3.05) is 62.7 Å². The number of carbonyl (C=O) groups is 7. The van der Waals surface area contributed by atoms with E-state index in [4.69, 9.17) is 22.6 Å². The zero-order valence-corrected chi connectivity index (χ0v) is 82.4. The number of rotatable bonds is 40. The van der Waals surface area contributed by atoms with Gasteiger partial charge in [-0.2, -0.15) is 0 Å². The highest BCUT2D eigenvalue weighted by Gasteiger charge is 2.38. The quantitative estimate of drug-likeness (QED) is 0.0131. The fourth-order valence-corrected chi connectivity index (χ4v) is 20.4. The molecule has 6 aromatic heterocycles. The summed E-state index contributed by atoms with van der Waals surface area (Å²) in [5.41, 5.74) is 8.68. The molecular weight excluding hydrogens is 1790 g/mol. The molecule has 8 heterocycles. The number of nitrogens with zero attached hydrogens (tertiary/aromatic N) is 7. The first-order valence-corrected chi connectivity index (χ1v) is 53.2. The van der Waals surface area contributed by atoms with E-state index in [9.17, 15) is 50.4 Å². The molecule has 0 spiro atoms. The van der Waals surface area contributed by atoms with Crippen LogP contribution in [0.15, 0.2) is 172 Å². The monoisotopic (exact) mass is 1930 g/mol. The van der Waals surface area contributed by atoms with E-state index in [1.54, 1.807) is 42.5 Å². The van der Waals surface area contributed by atoms with Crippen molar-refractivity contribution in [1.29, 1.82) is 0 Å². The molecule has 8 aliphatic rings. The maximum Gasteiger partial charge on any atom is 0.277 e. The molecule has 2 unspecified atom stereocenters. The van der Waals surface area contributed by atoms with E-state index in [1.165, 1.54) is 54.7 Å². The zero-order valence-electron chi connectivity index (χ0n) is 80.8. The minimum Gasteiger partial charge on any atom is -0.360 e. The van der Waals surface area contributed by atoms with Gasteiger partial charge >= 0.3 is 0 Å². The molecular formula is C105H137N15O16S2. The van der Waals surface area contributed by atoms with Crippen molar-refractivity contribution in [3.8, 4) is 0 Å². The van der Waals surface area contributed by atoms with Gasteiger partial charge in [-0.25, -0.2) is 21.6 Å².